The minimum atomic E-state index is -0.562. The number of aromatic nitrogens is 1. The molecule has 0 aliphatic heterocycles. The highest BCUT2D eigenvalue weighted by molar-refractivity contribution is 6.33. The molecule has 0 saturated carbocycles. The molecule has 4 aromatic rings. The fraction of sp³-hybridized carbons (Fsp3) is 0.120. The van der Waals surface area contributed by atoms with Crippen LogP contribution in [0.4, 0.5) is 4.39 Å². The van der Waals surface area contributed by atoms with Gasteiger partial charge in [0.15, 0.2) is 0 Å². The van der Waals surface area contributed by atoms with E-state index in [0.717, 1.165) is 11.1 Å². The molecule has 0 saturated heterocycles. The van der Waals surface area contributed by atoms with Crippen LogP contribution >= 0.6 is 11.6 Å². The summed E-state index contributed by atoms with van der Waals surface area (Å²) < 4.78 is 19.9. The van der Waals surface area contributed by atoms with Gasteiger partial charge in [-0.2, -0.15) is 0 Å². The van der Waals surface area contributed by atoms with E-state index in [0.29, 0.717) is 18.8 Å². The zero-order valence-electron chi connectivity index (χ0n) is 16.9. The summed E-state index contributed by atoms with van der Waals surface area (Å²) in [5.74, 6) is -0.557. The van der Waals surface area contributed by atoms with Crippen LogP contribution in [-0.4, -0.2) is 16.0 Å². The van der Waals surface area contributed by atoms with Crippen molar-refractivity contribution < 1.29 is 13.7 Å². The first kappa shape index (κ1) is 20.8. The van der Waals surface area contributed by atoms with Crippen molar-refractivity contribution in [2.45, 2.75) is 20.0 Å². The minimum absolute atomic E-state index is 0.0590. The monoisotopic (exact) mass is 434 g/mol. The Hall–Kier alpha value is -3.44. The highest BCUT2D eigenvalue weighted by atomic mass is 35.5. The van der Waals surface area contributed by atoms with Crippen molar-refractivity contribution >= 4 is 17.5 Å². The van der Waals surface area contributed by atoms with Crippen LogP contribution in [0, 0.1) is 12.7 Å². The third kappa shape index (κ3) is 4.52. The number of benzene rings is 3. The predicted molar refractivity (Wildman–Crippen MR) is 118 cm³/mol. The van der Waals surface area contributed by atoms with Crippen molar-refractivity contribution in [1.29, 1.82) is 0 Å². The molecule has 1 aromatic heterocycles. The Bertz CT molecular complexity index is 1130. The minimum Gasteiger partial charge on any atom is -0.360 e. The second-order valence-electron chi connectivity index (χ2n) is 7.19. The highest BCUT2D eigenvalue weighted by Crippen LogP contribution is 2.34. The SMILES string of the molecule is Cc1onc(-c2c(F)cccc2Cl)c1C(=O)N(Cc1ccccc1)Cc1ccccc1. The molecule has 156 valence electrons. The molecule has 0 radical (unpaired) electrons. The van der Waals surface area contributed by atoms with Crippen LogP contribution in [0.5, 0.6) is 0 Å². The molecule has 0 bridgehead atoms. The predicted octanol–water partition coefficient (Wildman–Crippen LogP) is 6.29. The maximum absolute atomic E-state index is 14.6. The number of hydrogen-bond donors (Lipinski definition) is 0. The van der Waals surface area contributed by atoms with E-state index in [-0.39, 0.29) is 27.8 Å². The number of carbonyl (C=O) groups excluding carboxylic acids is 1. The van der Waals surface area contributed by atoms with Gasteiger partial charge in [0.25, 0.3) is 5.91 Å². The van der Waals surface area contributed by atoms with E-state index in [1.54, 1.807) is 17.9 Å². The van der Waals surface area contributed by atoms with E-state index >= 15 is 0 Å². The van der Waals surface area contributed by atoms with E-state index in [1.165, 1.54) is 12.1 Å². The number of rotatable bonds is 6. The molecule has 4 rings (SSSR count). The zero-order chi connectivity index (χ0) is 21.8. The van der Waals surface area contributed by atoms with Gasteiger partial charge in [0.2, 0.25) is 0 Å². The average Bonchev–Trinajstić information content (AvgIpc) is 3.15. The first-order valence-electron chi connectivity index (χ1n) is 9.82. The smallest absolute Gasteiger partial charge is 0.260 e. The summed E-state index contributed by atoms with van der Waals surface area (Å²) in [5.41, 5.74) is 2.33. The normalized spacial score (nSPS) is 10.8. The largest absolute Gasteiger partial charge is 0.360 e. The Morgan fingerprint density at radius 1 is 0.935 bits per heavy atom. The second kappa shape index (κ2) is 9.14. The third-order valence-corrected chi connectivity index (χ3v) is 5.31. The van der Waals surface area contributed by atoms with Gasteiger partial charge in [0.1, 0.15) is 22.8 Å². The summed E-state index contributed by atoms with van der Waals surface area (Å²) in [5, 5.41) is 4.14. The van der Waals surface area contributed by atoms with Gasteiger partial charge in [-0.25, -0.2) is 4.39 Å². The molecule has 0 spiro atoms. The second-order valence-corrected chi connectivity index (χ2v) is 7.60. The van der Waals surface area contributed by atoms with E-state index in [1.807, 2.05) is 60.7 Å². The Labute approximate surface area is 184 Å². The Kier molecular flexibility index (Phi) is 6.14. The van der Waals surface area contributed by atoms with Gasteiger partial charge in [-0.05, 0) is 30.2 Å². The molecule has 0 fully saturated rings. The van der Waals surface area contributed by atoms with Crippen molar-refractivity contribution in [3.63, 3.8) is 0 Å². The number of hydrogen-bond acceptors (Lipinski definition) is 3. The van der Waals surface area contributed by atoms with Crippen LogP contribution in [0.3, 0.4) is 0 Å². The van der Waals surface area contributed by atoms with Gasteiger partial charge in [0, 0.05) is 13.1 Å². The lowest BCUT2D eigenvalue weighted by atomic mass is 10.0. The zero-order valence-corrected chi connectivity index (χ0v) is 17.6. The first-order chi connectivity index (χ1) is 15.0. The number of nitrogens with zero attached hydrogens (tertiary/aromatic N) is 2. The summed E-state index contributed by atoms with van der Waals surface area (Å²) in [4.78, 5) is 15.4. The number of carbonyl (C=O) groups is 1. The molecule has 0 unspecified atom stereocenters. The lowest BCUT2D eigenvalue weighted by molar-refractivity contribution is 0.0729. The molecule has 0 aliphatic rings. The van der Waals surface area contributed by atoms with Gasteiger partial charge < -0.3 is 9.42 Å². The Morgan fingerprint density at radius 2 is 1.52 bits per heavy atom. The summed E-state index contributed by atoms with van der Waals surface area (Å²) in [6, 6.07) is 23.7. The molecular weight excluding hydrogens is 415 g/mol. The molecule has 3 aromatic carbocycles. The molecule has 6 heteroatoms. The van der Waals surface area contributed by atoms with Crippen molar-refractivity contribution in [2.24, 2.45) is 0 Å². The van der Waals surface area contributed by atoms with Crippen molar-refractivity contribution in [2.75, 3.05) is 0 Å². The maximum atomic E-state index is 14.6. The van der Waals surface area contributed by atoms with E-state index in [4.69, 9.17) is 16.1 Å². The van der Waals surface area contributed by atoms with Crippen molar-refractivity contribution in [3.8, 4) is 11.3 Å². The molecule has 1 heterocycles. The summed E-state index contributed by atoms with van der Waals surface area (Å²) in [6.45, 7) is 2.40. The van der Waals surface area contributed by atoms with Crippen LogP contribution < -0.4 is 0 Å². The molecule has 4 nitrogen and oxygen atoms in total. The lowest BCUT2D eigenvalue weighted by Gasteiger charge is -2.23. The molecule has 31 heavy (non-hydrogen) atoms. The average molecular weight is 435 g/mol. The van der Waals surface area contributed by atoms with Crippen LogP contribution in [0.1, 0.15) is 27.2 Å². The molecule has 0 aliphatic carbocycles. The fourth-order valence-corrected chi connectivity index (χ4v) is 3.74. The summed E-state index contributed by atoms with van der Waals surface area (Å²) in [7, 11) is 0. The van der Waals surface area contributed by atoms with Gasteiger partial charge in [0.05, 0.1) is 10.6 Å². The topological polar surface area (TPSA) is 46.3 Å². The molecule has 0 N–H and O–H groups in total. The molecule has 1 amide bonds. The standard InChI is InChI=1S/C25H20ClFN2O2/c1-17-22(24(28-31-17)23-20(26)13-8-14-21(23)27)25(30)29(15-18-9-4-2-5-10-18)16-19-11-6-3-7-12-19/h2-14H,15-16H2,1H3. The van der Waals surface area contributed by atoms with Crippen LogP contribution in [0.2, 0.25) is 5.02 Å². The Balaban J connectivity index is 1.76. The number of halogens is 2. The Morgan fingerprint density at radius 3 is 2.06 bits per heavy atom. The van der Waals surface area contributed by atoms with Crippen LogP contribution in [0.15, 0.2) is 83.4 Å². The van der Waals surface area contributed by atoms with Crippen molar-refractivity contribution in [1.82, 2.24) is 10.1 Å². The lowest BCUT2D eigenvalue weighted by Crippen LogP contribution is -2.30. The van der Waals surface area contributed by atoms with Crippen LogP contribution in [0.25, 0.3) is 11.3 Å². The third-order valence-electron chi connectivity index (χ3n) is 5.00. The summed E-state index contributed by atoms with van der Waals surface area (Å²) >= 11 is 6.24. The quantitative estimate of drug-likeness (QED) is 0.358. The van der Waals surface area contributed by atoms with E-state index < -0.39 is 5.82 Å². The maximum Gasteiger partial charge on any atom is 0.260 e. The fourth-order valence-electron chi connectivity index (χ4n) is 3.48. The van der Waals surface area contributed by atoms with Crippen molar-refractivity contribution in [3.05, 3.63) is 112 Å². The first-order valence-corrected chi connectivity index (χ1v) is 10.2. The summed E-state index contributed by atoms with van der Waals surface area (Å²) in [6.07, 6.45) is 0. The van der Waals surface area contributed by atoms with E-state index in [9.17, 15) is 9.18 Å². The van der Waals surface area contributed by atoms with Gasteiger partial charge in [-0.1, -0.05) is 83.5 Å². The van der Waals surface area contributed by atoms with Gasteiger partial charge in [-0.15, -0.1) is 0 Å². The highest BCUT2D eigenvalue weighted by Gasteiger charge is 2.29. The molecular formula is C25H20ClFN2O2. The number of amides is 1. The van der Waals surface area contributed by atoms with E-state index in [2.05, 4.69) is 5.16 Å². The molecule has 0 atom stereocenters. The van der Waals surface area contributed by atoms with Crippen LogP contribution in [-0.2, 0) is 13.1 Å². The van der Waals surface area contributed by atoms with Gasteiger partial charge >= 0.3 is 0 Å². The number of aryl methyl sites for hydroxylation is 1. The van der Waals surface area contributed by atoms with Gasteiger partial charge in [-0.3, -0.25) is 4.79 Å².